The molecule has 1 aliphatic carbocycles. The molecule has 1 heterocycles. The quantitative estimate of drug-likeness (QED) is 0.627. The van der Waals surface area contributed by atoms with E-state index in [0.29, 0.717) is 6.07 Å². The molecule has 1 fully saturated rings. The number of ether oxygens (including phenoxy) is 1. The highest BCUT2D eigenvalue weighted by Crippen LogP contribution is 2.41. The molecule has 9 heteroatoms. The van der Waals surface area contributed by atoms with Crippen LogP contribution < -0.4 is 10.9 Å². The summed E-state index contributed by atoms with van der Waals surface area (Å²) in [6.07, 6.45) is 0.768. The Morgan fingerprint density at radius 3 is 2.41 bits per heavy atom. The third kappa shape index (κ3) is 4.46. The first-order valence-corrected chi connectivity index (χ1v) is 10.2. The van der Waals surface area contributed by atoms with Crippen molar-refractivity contribution in [3.05, 3.63) is 70.0 Å². The molecule has 6 nitrogen and oxygen atoms in total. The molecule has 0 unspecified atom stereocenters. The number of hydrogen-bond acceptors (Lipinski definition) is 4. The Balaban J connectivity index is 1.94. The first-order chi connectivity index (χ1) is 15.0. The minimum atomic E-state index is -0.908. The van der Waals surface area contributed by atoms with Gasteiger partial charge in [0.1, 0.15) is 34.3 Å². The van der Waals surface area contributed by atoms with Gasteiger partial charge >= 0.3 is 6.09 Å². The van der Waals surface area contributed by atoms with E-state index in [9.17, 15) is 22.8 Å². The molecule has 0 radical (unpaired) electrons. The molecule has 0 spiro atoms. The third-order valence-corrected chi connectivity index (χ3v) is 5.02. The minimum Gasteiger partial charge on any atom is -0.444 e. The van der Waals surface area contributed by atoms with Gasteiger partial charge < -0.3 is 10.1 Å². The number of hydrogen-bond donors (Lipinski definition) is 1. The van der Waals surface area contributed by atoms with E-state index in [-0.39, 0.29) is 28.3 Å². The lowest BCUT2D eigenvalue weighted by Gasteiger charge is -2.25. The minimum absolute atomic E-state index is 0.0476. The van der Waals surface area contributed by atoms with E-state index in [1.807, 2.05) is 0 Å². The lowest BCUT2D eigenvalue weighted by atomic mass is 10.1. The van der Waals surface area contributed by atoms with Crippen LogP contribution in [0.5, 0.6) is 0 Å². The Hall–Kier alpha value is -3.36. The maximum absolute atomic E-state index is 14.5. The summed E-state index contributed by atoms with van der Waals surface area (Å²) >= 11 is 0. The summed E-state index contributed by atoms with van der Waals surface area (Å²) in [6, 6.07) is 5.79. The Labute approximate surface area is 182 Å². The van der Waals surface area contributed by atoms with Crippen molar-refractivity contribution >= 4 is 17.0 Å². The number of fused-ring (bicyclic) bond motifs is 1. The summed E-state index contributed by atoms with van der Waals surface area (Å²) < 4.78 is 48.8. The van der Waals surface area contributed by atoms with Gasteiger partial charge in [-0.3, -0.25) is 9.36 Å². The Bertz CT molecular complexity index is 1240. The van der Waals surface area contributed by atoms with Gasteiger partial charge in [0.2, 0.25) is 0 Å². The number of amides is 1. The molecule has 1 aromatic heterocycles. The standard InChI is InChI=1S/C23H22F3N3O3/c1-23(2,3)32-22(31)28-19(12-7-8-12)20-27-17-6-4-5-16(26)18(17)21(30)29(20)15-10-13(24)9-14(25)11-15/h4-6,9-12,19H,7-8H2,1-3H3,(H,28,31)/t19-/m0/s1. The van der Waals surface area contributed by atoms with E-state index in [0.717, 1.165) is 35.6 Å². The van der Waals surface area contributed by atoms with E-state index in [1.165, 1.54) is 12.1 Å². The van der Waals surface area contributed by atoms with E-state index in [1.54, 1.807) is 20.8 Å². The molecular formula is C23H22F3N3O3. The van der Waals surface area contributed by atoms with Gasteiger partial charge in [-0.25, -0.2) is 22.9 Å². The predicted molar refractivity (Wildman–Crippen MR) is 112 cm³/mol. The number of nitrogens with zero attached hydrogens (tertiary/aromatic N) is 2. The van der Waals surface area contributed by atoms with Gasteiger partial charge in [-0.2, -0.15) is 0 Å². The largest absolute Gasteiger partial charge is 0.444 e. The van der Waals surface area contributed by atoms with Crippen LogP contribution in [-0.2, 0) is 4.74 Å². The molecular weight excluding hydrogens is 423 g/mol. The highest BCUT2D eigenvalue weighted by atomic mass is 19.1. The fourth-order valence-corrected chi connectivity index (χ4v) is 3.59. The van der Waals surface area contributed by atoms with Gasteiger partial charge in [0, 0.05) is 6.07 Å². The van der Waals surface area contributed by atoms with Gasteiger partial charge in [0.15, 0.2) is 0 Å². The second-order valence-corrected chi connectivity index (χ2v) is 8.83. The highest BCUT2D eigenvalue weighted by molar-refractivity contribution is 5.79. The summed E-state index contributed by atoms with van der Waals surface area (Å²) in [6.45, 7) is 5.13. The number of benzene rings is 2. The van der Waals surface area contributed by atoms with Crippen LogP contribution in [-0.4, -0.2) is 21.2 Å². The number of aromatic nitrogens is 2. The normalized spacial score (nSPS) is 14.9. The van der Waals surface area contributed by atoms with Gasteiger partial charge in [0.05, 0.1) is 17.2 Å². The van der Waals surface area contributed by atoms with Crippen molar-refractivity contribution < 1.29 is 22.7 Å². The van der Waals surface area contributed by atoms with E-state index < -0.39 is 40.7 Å². The average Bonchev–Trinajstić information content (AvgIpc) is 3.48. The van der Waals surface area contributed by atoms with Gasteiger partial charge in [0.25, 0.3) is 5.56 Å². The van der Waals surface area contributed by atoms with Gasteiger partial charge in [-0.15, -0.1) is 0 Å². The van der Waals surface area contributed by atoms with E-state index >= 15 is 0 Å². The smallest absolute Gasteiger partial charge is 0.408 e. The number of carbonyl (C=O) groups is 1. The van der Waals surface area contributed by atoms with Crippen LogP contribution in [0.4, 0.5) is 18.0 Å². The van der Waals surface area contributed by atoms with Crippen LogP contribution in [0.2, 0.25) is 0 Å². The fraction of sp³-hybridized carbons (Fsp3) is 0.348. The molecule has 4 rings (SSSR count). The van der Waals surface area contributed by atoms with E-state index in [2.05, 4.69) is 10.3 Å². The molecule has 2 aromatic carbocycles. The van der Waals surface area contributed by atoms with Crippen molar-refractivity contribution in [1.29, 1.82) is 0 Å². The number of rotatable bonds is 4. The molecule has 1 atom stereocenters. The number of carbonyl (C=O) groups excluding carboxylic acids is 1. The molecule has 1 aliphatic rings. The molecule has 32 heavy (non-hydrogen) atoms. The molecule has 3 aromatic rings. The Morgan fingerprint density at radius 1 is 1.16 bits per heavy atom. The van der Waals surface area contributed by atoms with Gasteiger partial charge in [-0.1, -0.05) is 6.07 Å². The van der Waals surface area contributed by atoms with Crippen LogP contribution in [0.3, 0.4) is 0 Å². The maximum Gasteiger partial charge on any atom is 0.408 e. The third-order valence-electron chi connectivity index (χ3n) is 5.02. The first kappa shape index (κ1) is 21.9. The number of halogens is 3. The first-order valence-electron chi connectivity index (χ1n) is 10.2. The monoisotopic (exact) mass is 445 g/mol. The van der Waals surface area contributed by atoms with Crippen molar-refractivity contribution in [3.63, 3.8) is 0 Å². The zero-order valence-corrected chi connectivity index (χ0v) is 17.8. The summed E-state index contributed by atoms with van der Waals surface area (Å²) in [5.41, 5.74) is -1.67. The molecule has 1 saturated carbocycles. The van der Waals surface area contributed by atoms with Crippen LogP contribution in [0.15, 0.2) is 41.2 Å². The van der Waals surface area contributed by atoms with Crippen LogP contribution in [0, 0.1) is 23.4 Å². The SMILES string of the molecule is CC(C)(C)OC(=O)N[C@H](c1nc2cccc(F)c2c(=O)n1-c1cc(F)cc(F)c1)C1CC1. The molecule has 1 N–H and O–H groups in total. The second-order valence-electron chi connectivity index (χ2n) is 8.83. The topological polar surface area (TPSA) is 73.2 Å². The number of nitrogens with one attached hydrogen (secondary N) is 1. The maximum atomic E-state index is 14.5. The van der Waals surface area contributed by atoms with Crippen LogP contribution in [0.25, 0.3) is 16.6 Å². The molecule has 0 bridgehead atoms. The van der Waals surface area contributed by atoms with Crippen molar-refractivity contribution in [2.75, 3.05) is 0 Å². The van der Waals surface area contributed by atoms with Crippen molar-refractivity contribution in [1.82, 2.24) is 14.9 Å². The van der Waals surface area contributed by atoms with Crippen molar-refractivity contribution in [3.8, 4) is 5.69 Å². The molecule has 168 valence electrons. The summed E-state index contributed by atoms with van der Waals surface area (Å²) in [5.74, 6) is -2.64. The zero-order valence-electron chi connectivity index (χ0n) is 17.8. The summed E-state index contributed by atoms with van der Waals surface area (Å²) in [5, 5.41) is 2.42. The summed E-state index contributed by atoms with van der Waals surface area (Å²) in [4.78, 5) is 30.3. The predicted octanol–water partition coefficient (Wildman–Crippen LogP) is 4.78. The van der Waals surface area contributed by atoms with Gasteiger partial charge in [-0.05, 0) is 63.8 Å². The average molecular weight is 445 g/mol. The molecule has 1 amide bonds. The zero-order chi connectivity index (χ0) is 23.2. The van der Waals surface area contributed by atoms with Crippen LogP contribution >= 0.6 is 0 Å². The fourth-order valence-electron chi connectivity index (χ4n) is 3.59. The van der Waals surface area contributed by atoms with Crippen molar-refractivity contribution in [2.24, 2.45) is 5.92 Å². The Kier molecular flexibility index (Phi) is 5.44. The highest BCUT2D eigenvalue weighted by Gasteiger charge is 2.38. The number of alkyl carbamates (subject to hydrolysis) is 1. The summed E-state index contributed by atoms with van der Waals surface area (Å²) in [7, 11) is 0. The second kappa shape index (κ2) is 7.96. The Morgan fingerprint density at radius 2 is 1.81 bits per heavy atom. The molecule has 0 aliphatic heterocycles. The molecule has 0 saturated heterocycles. The van der Waals surface area contributed by atoms with Crippen LogP contribution in [0.1, 0.15) is 45.5 Å². The lowest BCUT2D eigenvalue weighted by Crippen LogP contribution is -2.39. The van der Waals surface area contributed by atoms with Crippen molar-refractivity contribution in [2.45, 2.75) is 45.3 Å². The lowest BCUT2D eigenvalue weighted by molar-refractivity contribution is 0.0493. The van der Waals surface area contributed by atoms with E-state index in [4.69, 9.17) is 4.74 Å².